The van der Waals surface area contributed by atoms with E-state index in [-0.39, 0.29) is 6.04 Å². The van der Waals surface area contributed by atoms with Crippen molar-refractivity contribution in [2.75, 3.05) is 13.1 Å². The van der Waals surface area contributed by atoms with Crippen LogP contribution in [0.3, 0.4) is 0 Å². The molecular weight excluding hydrogens is 316 g/mol. The zero-order valence-corrected chi connectivity index (χ0v) is 13.4. The zero-order chi connectivity index (χ0) is 14.5. The van der Waals surface area contributed by atoms with Crippen molar-refractivity contribution in [3.63, 3.8) is 0 Å². The summed E-state index contributed by atoms with van der Waals surface area (Å²) in [4.78, 5) is 1.18. The third-order valence-electron chi connectivity index (χ3n) is 3.55. The smallest absolute Gasteiger partial charge is 0.244 e. The van der Waals surface area contributed by atoms with Crippen molar-refractivity contribution in [1.82, 2.24) is 4.31 Å². The number of thiophene rings is 1. The molecule has 2 aromatic rings. The highest BCUT2D eigenvalue weighted by Gasteiger charge is 2.34. The molecule has 108 valence electrons. The molecule has 1 atom stereocenters. The summed E-state index contributed by atoms with van der Waals surface area (Å²) in [6, 6.07) is 5.30. The summed E-state index contributed by atoms with van der Waals surface area (Å²) in [5.41, 5.74) is 5.83. The van der Waals surface area contributed by atoms with Crippen LogP contribution in [0.4, 0.5) is 0 Å². The Labute approximate surface area is 127 Å². The fourth-order valence-electron chi connectivity index (χ4n) is 2.59. The van der Waals surface area contributed by atoms with Gasteiger partial charge in [0.05, 0.1) is 0 Å². The lowest BCUT2D eigenvalue weighted by molar-refractivity contribution is 0.473. The van der Waals surface area contributed by atoms with Gasteiger partial charge in [-0.25, -0.2) is 8.42 Å². The average Bonchev–Trinajstić information content (AvgIpc) is 2.92. The Balaban J connectivity index is 2.18. The molecule has 4 nitrogen and oxygen atoms in total. The molecule has 1 aliphatic heterocycles. The molecule has 0 aliphatic carbocycles. The molecule has 1 aromatic carbocycles. The molecule has 7 heteroatoms. The van der Waals surface area contributed by atoms with Crippen LogP contribution in [-0.2, 0) is 10.0 Å². The van der Waals surface area contributed by atoms with E-state index in [1.54, 1.807) is 12.1 Å². The molecular formula is C13H15ClN2O2S2. The molecule has 0 amide bonds. The summed E-state index contributed by atoms with van der Waals surface area (Å²) in [7, 11) is -3.50. The number of nitrogens with zero attached hydrogens (tertiary/aromatic N) is 1. The number of hydrogen-bond donors (Lipinski definition) is 1. The van der Waals surface area contributed by atoms with E-state index < -0.39 is 10.0 Å². The van der Waals surface area contributed by atoms with Gasteiger partial charge in [0, 0.05) is 39.1 Å². The molecule has 0 radical (unpaired) electrons. The molecule has 1 saturated heterocycles. The maximum atomic E-state index is 12.8. The van der Waals surface area contributed by atoms with Crippen molar-refractivity contribution in [1.29, 1.82) is 0 Å². The minimum Gasteiger partial charge on any atom is -0.326 e. The number of aryl methyl sites for hydroxylation is 1. The molecule has 3 rings (SSSR count). The van der Waals surface area contributed by atoms with E-state index in [1.165, 1.54) is 15.6 Å². The molecule has 1 fully saturated rings. The number of rotatable bonds is 2. The van der Waals surface area contributed by atoms with Gasteiger partial charge in [-0.05, 0) is 31.5 Å². The molecule has 1 unspecified atom stereocenters. The standard InChI is InChI=1S/C13H15ClN2O2S2/c1-8-13(11-6-9(14)2-3-12(11)19-8)20(17,18)16-5-4-10(15)7-16/h2-3,6,10H,4-5,7,15H2,1H3. The van der Waals surface area contributed by atoms with Gasteiger partial charge in [0.2, 0.25) is 10.0 Å². The number of hydrogen-bond acceptors (Lipinski definition) is 4. The van der Waals surface area contributed by atoms with E-state index in [1.807, 2.05) is 13.0 Å². The number of fused-ring (bicyclic) bond motifs is 1. The van der Waals surface area contributed by atoms with Crippen LogP contribution < -0.4 is 5.73 Å². The Bertz CT molecular complexity index is 770. The minimum absolute atomic E-state index is 0.0708. The maximum Gasteiger partial charge on any atom is 0.244 e. The van der Waals surface area contributed by atoms with Crippen molar-refractivity contribution in [2.45, 2.75) is 24.3 Å². The second-order valence-corrected chi connectivity index (χ2v) is 8.61. The van der Waals surface area contributed by atoms with Gasteiger partial charge >= 0.3 is 0 Å². The monoisotopic (exact) mass is 330 g/mol. The van der Waals surface area contributed by atoms with Crippen LogP contribution in [0.15, 0.2) is 23.1 Å². The Morgan fingerprint density at radius 1 is 1.45 bits per heavy atom. The lowest BCUT2D eigenvalue weighted by Gasteiger charge is -2.16. The summed E-state index contributed by atoms with van der Waals surface area (Å²) in [5, 5.41) is 1.25. The highest BCUT2D eigenvalue weighted by molar-refractivity contribution is 7.89. The fourth-order valence-corrected chi connectivity index (χ4v) is 6.01. The predicted octanol–water partition coefficient (Wildman–Crippen LogP) is 2.58. The molecule has 2 N–H and O–H groups in total. The minimum atomic E-state index is -3.50. The summed E-state index contributed by atoms with van der Waals surface area (Å²) >= 11 is 7.49. The van der Waals surface area contributed by atoms with Crippen LogP contribution in [0, 0.1) is 6.92 Å². The highest BCUT2D eigenvalue weighted by Crippen LogP contribution is 2.37. The Morgan fingerprint density at radius 3 is 2.85 bits per heavy atom. The number of benzene rings is 1. The third kappa shape index (κ3) is 2.25. The maximum absolute atomic E-state index is 12.8. The zero-order valence-electron chi connectivity index (χ0n) is 11.0. The van der Waals surface area contributed by atoms with E-state index in [0.29, 0.717) is 34.8 Å². The second kappa shape index (κ2) is 4.96. The molecule has 0 spiro atoms. The molecule has 2 heterocycles. The van der Waals surface area contributed by atoms with Crippen LogP contribution in [0.25, 0.3) is 10.1 Å². The second-order valence-electron chi connectivity index (χ2n) is 5.04. The van der Waals surface area contributed by atoms with Crippen LogP contribution in [-0.4, -0.2) is 31.9 Å². The van der Waals surface area contributed by atoms with Crippen LogP contribution in [0.5, 0.6) is 0 Å². The van der Waals surface area contributed by atoms with Gasteiger partial charge in [-0.15, -0.1) is 11.3 Å². The topological polar surface area (TPSA) is 63.4 Å². The first-order valence-corrected chi connectivity index (χ1v) is 8.97. The Hall–Kier alpha value is -0.660. The lowest BCUT2D eigenvalue weighted by Crippen LogP contribution is -2.32. The SMILES string of the molecule is Cc1sc2ccc(Cl)cc2c1S(=O)(=O)N1CCC(N)C1. The van der Waals surface area contributed by atoms with E-state index in [4.69, 9.17) is 17.3 Å². The largest absolute Gasteiger partial charge is 0.326 e. The summed E-state index contributed by atoms with van der Waals surface area (Å²) in [6.07, 6.45) is 0.709. The molecule has 1 aliphatic rings. The van der Waals surface area contributed by atoms with Crippen molar-refractivity contribution < 1.29 is 8.42 Å². The molecule has 20 heavy (non-hydrogen) atoms. The summed E-state index contributed by atoms with van der Waals surface area (Å²) < 4.78 is 28.1. The predicted molar refractivity (Wildman–Crippen MR) is 82.9 cm³/mol. The molecule has 1 aromatic heterocycles. The van der Waals surface area contributed by atoms with Gasteiger partial charge in [-0.3, -0.25) is 0 Å². The van der Waals surface area contributed by atoms with Crippen molar-refractivity contribution in [3.05, 3.63) is 28.1 Å². The lowest BCUT2D eigenvalue weighted by atomic mass is 10.2. The van der Waals surface area contributed by atoms with Crippen molar-refractivity contribution >= 4 is 43.0 Å². The van der Waals surface area contributed by atoms with Crippen molar-refractivity contribution in [2.24, 2.45) is 5.73 Å². The van der Waals surface area contributed by atoms with Gasteiger partial charge in [0.15, 0.2) is 0 Å². The number of sulfonamides is 1. The third-order valence-corrected chi connectivity index (χ3v) is 7.06. The van der Waals surface area contributed by atoms with Crippen LogP contribution in [0.1, 0.15) is 11.3 Å². The van der Waals surface area contributed by atoms with Gasteiger partial charge in [-0.2, -0.15) is 4.31 Å². The quantitative estimate of drug-likeness (QED) is 0.920. The Morgan fingerprint density at radius 2 is 2.20 bits per heavy atom. The van der Waals surface area contributed by atoms with Crippen LogP contribution >= 0.6 is 22.9 Å². The first kappa shape index (κ1) is 14.3. The van der Waals surface area contributed by atoms with E-state index in [2.05, 4.69) is 0 Å². The van der Waals surface area contributed by atoms with E-state index >= 15 is 0 Å². The summed E-state index contributed by atoms with van der Waals surface area (Å²) in [6.45, 7) is 2.71. The summed E-state index contributed by atoms with van der Waals surface area (Å²) in [5.74, 6) is 0. The van der Waals surface area contributed by atoms with Crippen LogP contribution in [0.2, 0.25) is 5.02 Å². The fraction of sp³-hybridized carbons (Fsp3) is 0.385. The average molecular weight is 331 g/mol. The van der Waals surface area contributed by atoms with Gasteiger partial charge in [0.1, 0.15) is 4.90 Å². The normalized spacial score (nSPS) is 20.9. The van der Waals surface area contributed by atoms with Gasteiger partial charge < -0.3 is 5.73 Å². The molecule has 0 saturated carbocycles. The van der Waals surface area contributed by atoms with Gasteiger partial charge in [0.25, 0.3) is 0 Å². The first-order valence-electron chi connectivity index (χ1n) is 6.34. The van der Waals surface area contributed by atoms with E-state index in [0.717, 1.165) is 9.58 Å². The Kier molecular flexibility index (Phi) is 3.54. The number of nitrogens with two attached hydrogens (primary N) is 1. The van der Waals surface area contributed by atoms with E-state index in [9.17, 15) is 8.42 Å². The first-order chi connectivity index (χ1) is 9.39. The number of halogens is 1. The van der Waals surface area contributed by atoms with Gasteiger partial charge in [-0.1, -0.05) is 11.6 Å². The molecule has 0 bridgehead atoms. The highest BCUT2D eigenvalue weighted by atomic mass is 35.5. The van der Waals surface area contributed by atoms with Crippen molar-refractivity contribution in [3.8, 4) is 0 Å².